The van der Waals surface area contributed by atoms with Gasteiger partial charge in [0.15, 0.2) is 0 Å². The molecule has 20 heavy (non-hydrogen) atoms. The quantitative estimate of drug-likeness (QED) is 0.632. The average molecular weight is 281 g/mol. The third kappa shape index (κ3) is 3.67. The van der Waals surface area contributed by atoms with Crippen LogP contribution in [0.4, 0.5) is 5.69 Å². The lowest BCUT2D eigenvalue weighted by Crippen LogP contribution is -2.43. The molecule has 0 aliphatic heterocycles. The second-order valence-electron chi connectivity index (χ2n) is 4.24. The fourth-order valence-electron chi connectivity index (χ4n) is 1.32. The molecule has 1 aromatic rings. The van der Waals surface area contributed by atoms with Gasteiger partial charge in [-0.15, -0.1) is 0 Å². The Labute approximate surface area is 115 Å². The highest BCUT2D eigenvalue weighted by molar-refractivity contribution is 5.98. The Morgan fingerprint density at radius 1 is 1.30 bits per heavy atom. The molecule has 8 heteroatoms. The predicted octanol–water partition coefficient (Wildman–Crippen LogP) is 1.02. The van der Waals surface area contributed by atoms with Gasteiger partial charge in [0.1, 0.15) is 5.75 Å². The van der Waals surface area contributed by atoms with Crippen molar-refractivity contribution in [2.75, 3.05) is 7.11 Å². The minimum atomic E-state index is -0.695. The molecule has 108 valence electrons. The van der Waals surface area contributed by atoms with Gasteiger partial charge < -0.3 is 4.74 Å². The third-order valence-electron chi connectivity index (χ3n) is 2.46. The lowest BCUT2D eigenvalue weighted by molar-refractivity contribution is -0.384. The summed E-state index contributed by atoms with van der Waals surface area (Å²) in [5.41, 5.74) is 4.12. The highest BCUT2D eigenvalue weighted by Gasteiger charge is 2.18. The van der Waals surface area contributed by atoms with Crippen molar-refractivity contribution in [3.63, 3.8) is 0 Å². The number of amides is 2. The normalized spacial score (nSPS) is 10.0. The maximum atomic E-state index is 11.9. The van der Waals surface area contributed by atoms with Gasteiger partial charge in [-0.2, -0.15) is 0 Å². The molecule has 0 fully saturated rings. The molecular weight excluding hydrogens is 266 g/mol. The summed E-state index contributed by atoms with van der Waals surface area (Å²) >= 11 is 0. The fraction of sp³-hybridized carbons (Fsp3) is 0.333. The molecule has 0 aliphatic carbocycles. The Kier molecular flexibility index (Phi) is 5.01. The van der Waals surface area contributed by atoms with Crippen LogP contribution in [0.25, 0.3) is 0 Å². The SMILES string of the molecule is COc1ccc([N+](=O)[O-])cc1C(=O)NNC(=O)C(C)C. The van der Waals surface area contributed by atoms with E-state index in [4.69, 9.17) is 4.74 Å². The second-order valence-corrected chi connectivity index (χ2v) is 4.24. The molecule has 0 heterocycles. The summed E-state index contributed by atoms with van der Waals surface area (Å²) in [7, 11) is 1.34. The zero-order valence-corrected chi connectivity index (χ0v) is 11.3. The number of hydrogen-bond donors (Lipinski definition) is 2. The van der Waals surface area contributed by atoms with Gasteiger partial charge in [-0.05, 0) is 6.07 Å². The Hall–Kier alpha value is -2.64. The number of nitrogens with zero attached hydrogens (tertiary/aromatic N) is 1. The van der Waals surface area contributed by atoms with Crippen LogP contribution >= 0.6 is 0 Å². The Balaban J connectivity index is 2.93. The molecule has 0 aliphatic rings. The van der Waals surface area contributed by atoms with Crippen molar-refractivity contribution >= 4 is 17.5 Å². The van der Waals surface area contributed by atoms with Gasteiger partial charge in [0.05, 0.1) is 17.6 Å². The molecule has 0 atom stereocenters. The van der Waals surface area contributed by atoms with E-state index >= 15 is 0 Å². The van der Waals surface area contributed by atoms with Crippen molar-refractivity contribution in [2.24, 2.45) is 5.92 Å². The first-order valence-electron chi connectivity index (χ1n) is 5.79. The Morgan fingerprint density at radius 3 is 2.45 bits per heavy atom. The molecule has 1 rings (SSSR count). The molecule has 8 nitrogen and oxygen atoms in total. The van der Waals surface area contributed by atoms with Gasteiger partial charge >= 0.3 is 0 Å². The van der Waals surface area contributed by atoms with E-state index in [1.807, 2.05) is 0 Å². The number of nitro benzene ring substituents is 1. The summed E-state index contributed by atoms with van der Waals surface area (Å²) in [5, 5.41) is 10.7. The third-order valence-corrected chi connectivity index (χ3v) is 2.46. The van der Waals surface area contributed by atoms with Gasteiger partial charge in [-0.1, -0.05) is 13.8 Å². The van der Waals surface area contributed by atoms with E-state index in [2.05, 4.69) is 10.9 Å². The first kappa shape index (κ1) is 15.4. The molecule has 0 aromatic heterocycles. The largest absolute Gasteiger partial charge is 0.496 e. The number of benzene rings is 1. The number of rotatable bonds is 4. The minimum Gasteiger partial charge on any atom is -0.496 e. The summed E-state index contributed by atoms with van der Waals surface area (Å²) in [6.07, 6.45) is 0. The van der Waals surface area contributed by atoms with Crippen LogP contribution in [0.3, 0.4) is 0 Å². The molecule has 2 amide bonds. The molecule has 0 radical (unpaired) electrons. The standard InChI is InChI=1S/C12H15N3O5/c1-7(2)11(16)13-14-12(17)9-6-8(15(18)19)4-5-10(9)20-3/h4-7H,1-3H3,(H,13,16)(H,14,17). The summed E-state index contributed by atoms with van der Waals surface area (Å²) < 4.78 is 4.96. The number of carbonyl (C=O) groups is 2. The van der Waals surface area contributed by atoms with Crippen molar-refractivity contribution in [3.8, 4) is 5.75 Å². The van der Waals surface area contributed by atoms with Crippen molar-refractivity contribution in [2.45, 2.75) is 13.8 Å². The van der Waals surface area contributed by atoms with Crippen LogP contribution < -0.4 is 15.6 Å². The minimum absolute atomic E-state index is 0.0363. The van der Waals surface area contributed by atoms with Crippen LogP contribution in [-0.2, 0) is 4.79 Å². The first-order chi connectivity index (χ1) is 9.36. The molecule has 0 spiro atoms. The van der Waals surface area contributed by atoms with E-state index in [0.29, 0.717) is 0 Å². The van der Waals surface area contributed by atoms with Gasteiger partial charge in [0.2, 0.25) is 5.91 Å². The van der Waals surface area contributed by atoms with Crippen LogP contribution in [0, 0.1) is 16.0 Å². The van der Waals surface area contributed by atoms with Gasteiger partial charge in [0.25, 0.3) is 11.6 Å². The number of hydrazine groups is 1. The summed E-state index contributed by atoms with van der Waals surface area (Å²) in [6, 6.07) is 3.62. The van der Waals surface area contributed by atoms with E-state index in [1.54, 1.807) is 13.8 Å². The van der Waals surface area contributed by atoms with Gasteiger partial charge in [-0.25, -0.2) is 0 Å². The average Bonchev–Trinajstić information content (AvgIpc) is 2.43. The van der Waals surface area contributed by atoms with Crippen molar-refractivity contribution in [1.82, 2.24) is 10.9 Å². The number of nitrogens with one attached hydrogen (secondary N) is 2. The molecule has 1 aromatic carbocycles. The monoisotopic (exact) mass is 281 g/mol. The highest BCUT2D eigenvalue weighted by atomic mass is 16.6. The molecule has 0 saturated heterocycles. The Bertz CT molecular complexity index is 542. The van der Waals surface area contributed by atoms with Crippen LogP contribution in [0.2, 0.25) is 0 Å². The van der Waals surface area contributed by atoms with Crippen LogP contribution in [0.5, 0.6) is 5.75 Å². The zero-order valence-electron chi connectivity index (χ0n) is 11.3. The number of nitro groups is 1. The van der Waals surface area contributed by atoms with E-state index < -0.39 is 10.8 Å². The molecule has 0 bridgehead atoms. The zero-order chi connectivity index (χ0) is 15.3. The van der Waals surface area contributed by atoms with E-state index in [9.17, 15) is 19.7 Å². The van der Waals surface area contributed by atoms with E-state index in [0.717, 1.165) is 6.07 Å². The van der Waals surface area contributed by atoms with Crippen LogP contribution in [0.1, 0.15) is 24.2 Å². The van der Waals surface area contributed by atoms with Crippen molar-refractivity contribution in [1.29, 1.82) is 0 Å². The topological polar surface area (TPSA) is 111 Å². The molecular formula is C12H15N3O5. The Morgan fingerprint density at radius 2 is 1.95 bits per heavy atom. The fourth-order valence-corrected chi connectivity index (χ4v) is 1.32. The van der Waals surface area contributed by atoms with E-state index in [-0.39, 0.29) is 28.8 Å². The highest BCUT2D eigenvalue weighted by Crippen LogP contribution is 2.23. The van der Waals surface area contributed by atoms with Crippen LogP contribution in [-0.4, -0.2) is 23.8 Å². The summed E-state index contributed by atoms with van der Waals surface area (Å²) in [5.74, 6) is -1.20. The predicted molar refractivity (Wildman–Crippen MR) is 70.1 cm³/mol. The lowest BCUT2D eigenvalue weighted by Gasteiger charge is -2.11. The van der Waals surface area contributed by atoms with Crippen LogP contribution in [0.15, 0.2) is 18.2 Å². The number of ether oxygens (including phenoxy) is 1. The van der Waals surface area contributed by atoms with Gasteiger partial charge in [-0.3, -0.25) is 30.6 Å². The maximum Gasteiger partial charge on any atom is 0.273 e. The van der Waals surface area contributed by atoms with E-state index in [1.165, 1.54) is 19.2 Å². The molecule has 0 unspecified atom stereocenters. The summed E-state index contributed by atoms with van der Waals surface area (Å²) in [6.45, 7) is 3.32. The van der Waals surface area contributed by atoms with Crippen molar-refractivity contribution in [3.05, 3.63) is 33.9 Å². The molecule has 2 N–H and O–H groups in total. The number of carbonyl (C=O) groups excluding carboxylic acids is 2. The lowest BCUT2D eigenvalue weighted by atomic mass is 10.1. The second kappa shape index (κ2) is 6.50. The summed E-state index contributed by atoms with van der Waals surface area (Å²) in [4.78, 5) is 33.3. The number of hydrogen-bond acceptors (Lipinski definition) is 5. The first-order valence-corrected chi connectivity index (χ1v) is 5.79. The maximum absolute atomic E-state index is 11.9. The van der Waals surface area contributed by atoms with Gasteiger partial charge in [0, 0.05) is 18.1 Å². The number of non-ortho nitro benzene ring substituents is 1. The smallest absolute Gasteiger partial charge is 0.273 e. The molecule has 0 saturated carbocycles. The van der Waals surface area contributed by atoms with Crippen molar-refractivity contribution < 1.29 is 19.2 Å². The number of methoxy groups -OCH3 is 1.